The Labute approximate surface area is 89.0 Å². The Bertz CT molecular complexity index is 336. The Hall–Kier alpha value is -0.960. The van der Waals surface area contributed by atoms with Crippen molar-refractivity contribution >= 4 is 12.6 Å². The van der Waals surface area contributed by atoms with Crippen LogP contribution < -0.4 is 4.74 Å². The fourth-order valence-corrected chi connectivity index (χ4v) is 1.05. The van der Waals surface area contributed by atoms with E-state index in [0.717, 1.165) is 5.57 Å². The van der Waals surface area contributed by atoms with Crippen LogP contribution in [0.4, 0.5) is 4.39 Å². The van der Waals surface area contributed by atoms with Crippen molar-refractivity contribution in [1.82, 2.24) is 0 Å². The van der Waals surface area contributed by atoms with Crippen LogP contribution in [0, 0.1) is 12.7 Å². The Morgan fingerprint density at radius 3 is 2.93 bits per heavy atom. The summed E-state index contributed by atoms with van der Waals surface area (Å²) in [5.41, 5.74) is 1.41. The summed E-state index contributed by atoms with van der Waals surface area (Å²) < 4.78 is 18.6. The molecule has 3 heteroatoms. The van der Waals surface area contributed by atoms with Crippen molar-refractivity contribution < 1.29 is 9.13 Å². The molecule has 1 nitrogen and oxygen atoms in total. The summed E-state index contributed by atoms with van der Waals surface area (Å²) in [4.78, 5) is 0. The largest absolute Gasteiger partial charge is 0.486 e. The van der Waals surface area contributed by atoms with Gasteiger partial charge in [0, 0.05) is 5.75 Å². The summed E-state index contributed by atoms with van der Waals surface area (Å²) in [6, 6.07) is 5.07. The van der Waals surface area contributed by atoms with E-state index >= 15 is 0 Å². The third-order valence-corrected chi connectivity index (χ3v) is 2.26. The first-order valence-corrected chi connectivity index (χ1v) is 4.94. The van der Waals surface area contributed by atoms with E-state index in [0.29, 0.717) is 17.9 Å². The van der Waals surface area contributed by atoms with Crippen LogP contribution in [-0.4, -0.2) is 12.4 Å². The smallest absolute Gasteiger partial charge is 0.167 e. The van der Waals surface area contributed by atoms with E-state index in [2.05, 4.69) is 19.2 Å². The van der Waals surface area contributed by atoms with Crippen LogP contribution >= 0.6 is 12.6 Å². The van der Waals surface area contributed by atoms with Gasteiger partial charge in [-0.2, -0.15) is 12.6 Å². The van der Waals surface area contributed by atoms with Gasteiger partial charge in [-0.15, -0.1) is 0 Å². The Balaban J connectivity index is 2.68. The zero-order valence-corrected chi connectivity index (χ0v) is 8.98. The summed E-state index contributed by atoms with van der Waals surface area (Å²) >= 11 is 4.03. The van der Waals surface area contributed by atoms with Gasteiger partial charge in [-0.1, -0.05) is 18.7 Å². The molecular weight excluding hydrogens is 199 g/mol. The molecule has 0 unspecified atom stereocenters. The highest BCUT2D eigenvalue weighted by Crippen LogP contribution is 2.19. The second-order valence-corrected chi connectivity index (χ2v) is 3.40. The number of halogens is 1. The molecule has 0 heterocycles. The molecule has 0 fully saturated rings. The SMILES string of the molecule is C=C(CS)COc1cccc(C)c1F. The van der Waals surface area contributed by atoms with Gasteiger partial charge < -0.3 is 4.74 Å². The molecule has 0 N–H and O–H groups in total. The zero-order chi connectivity index (χ0) is 10.6. The second kappa shape index (κ2) is 5.05. The van der Waals surface area contributed by atoms with E-state index in [4.69, 9.17) is 4.74 Å². The molecule has 0 bridgehead atoms. The van der Waals surface area contributed by atoms with Crippen molar-refractivity contribution in [3.05, 3.63) is 41.7 Å². The molecule has 0 aromatic heterocycles. The molecule has 0 aliphatic rings. The zero-order valence-electron chi connectivity index (χ0n) is 8.09. The quantitative estimate of drug-likeness (QED) is 0.596. The van der Waals surface area contributed by atoms with Gasteiger partial charge in [-0.05, 0) is 24.1 Å². The number of ether oxygens (including phenoxy) is 1. The highest BCUT2D eigenvalue weighted by molar-refractivity contribution is 7.80. The topological polar surface area (TPSA) is 9.23 Å². The summed E-state index contributed by atoms with van der Waals surface area (Å²) in [5, 5.41) is 0. The van der Waals surface area contributed by atoms with E-state index in [1.807, 2.05) is 0 Å². The van der Waals surface area contributed by atoms with Crippen molar-refractivity contribution in [2.24, 2.45) is 0 Å². The van der Waals surface area contributed by atoms with E-state index < -0.39 is 0 Å². The van der Waals surface area contributed by atoms with E-state index in [9.17, 15) is 4.39 Å². The molecule has 0 aliphatic carbocycles. The number of aryl methyl sites for hydroxylation is 1. The van der Waals surface area contributed by atoms with Gasteiger partial charge in [0.05, 0.1) is 0 Å². The molecule has 1 aromatic carbocycles. The Kier molecular flexibility index (Phi) is 4.01. The van der Waals surface area contributed by atoms with Crippen molar-refractivity contribution in [2.75, 3.05) is 12.4 Å². The number of hydrogen-bond acceptors (Lipinski definition) is 2. The molecule has 0 radical (unpaired) electrons. The first-order valence-electron chi connectivity index (χ1n) is 4.30. The van der Waals surface area contributed by atoms with Crippen molar-refractivity contribution in [3.8, 4) is 5.75 Å². The lowest BCUT2D eigenvalue weighted by atomic mass is 10.2. The molecule has 0 saturated heterocycles. The molecule has 0 atom stereocenters. The lowest BCUT2D eigenvalue weighted by molar-refractivity contribution is 0.332. The minimum absolute atomic E-state index is 0.271. The van der Waals surface area contributed by atoms with Crippen LogP contribution in [0.3, 0.4) is 0 Å². The predicted octanol–water partition coefficient (Wildman–Crippen LogP) is 3.00. The maximum absolute atomic E-state index is 13.4. The first kappa shape index (κ1) is 11.1. The number of thiol groups is 1. The number of rotatable bonds is 4. The monoisotopic (exact) mass is 212 g/mol. The van der Waals surface area contributed by atoms with Crippen LogP contribution in [0.25, 0.3) is 0 Å². The summed E-state index contributed by atoms with van der Waals surface area (Å²) in [6.07, 6.45) is 0. The normalized spacial score (nSPS) is 9.93. The van der Waals surface area contributed by atoms with E-state index in [-0.39, 0.29) is 11.6 Å². The number of hydrogen-bond donors (Lipinski definition) is 1. The molecule has 1 aromatic rings. The molecule has 0 amide bonds. The first-order chi connectivity index (χ1) is 6.65. The highest BCUT2D eigenvalue weighted by Gasteiger charge is 2.05. The average Bonchev–Trinajstić information content (AvgIpc) is 2.20. The van der Waals surface area contributed by atoms with Crippen LogP contribution in [0.15, 0.2) is 30.4 Å². The van der Waals surface area contributed by atoms with Gasteiger partial charge >= 0.3 is 0 Å². The maximum atomic E-state index is 13.4. The van der Waals surface area contributed by atoms with Crippen LogP contribution in [-0.2, 0) is 0 Å². The summed E-state index contributed by atoms with van der Waals surface area (Å²) in [6.45, 7) is 5.73. The van der Waals surface area contributed by atoms with Crippen molar-refractivity contribution in [3.63, 3.8) is 0 Å². The lowest BCUT2D eigenvalue weighted by Crippen LogP contribution is -2.03. The second-order valence-electron chi connectivity index (χ2n) is 3.08. The third-order valence-electron chi connectivity index (χ3n) is 1.81. The molecule has 0 spiro atoms. The molecule has 1 rings (SSSR count). The van der Waals surface area contributed by atoms with Crippen molar-refractivity contribution in [1.29, 1.82) is 0 Å². The summed E-state index contributed by atoms with van der Waals surface area (Å²) in [7, 11) is 0. The lowest BCUT2D eigenvalue weighted by Gasteiger charge is -2.08. The molecular formula is C11H13FOS. The molecule has 0 saturated carbocycles. The third kappa shape index (κ3) is 2.77. The van der Waals surface area contributed by atoms with E-state index in [1.165, 1.54) is 0 Å². The van der Waals surface area contributed by atoms with Gasteiger partial charge in [0.2, 0.25) is 0 Å². The van der Waals surface area contributed by atoms with Gasteiger partial charge in [-0.3, -0.25) is 0 Å². The standard InChI is InChI=1S/C11H13FOS/c1-8(7-14)6-13-10-5-3-4-9(2)11(10)12/h3-5,14H,1,6-7H2,2H3. The molecule has 76 valence electrons. The van der Waals surface area contributed by atoms with E-state index in [1.54, 1.807) is 25.1 Å². The highest BCUT2D eigenvalue weighted by atomic mass is 32.1. The van der Waals surface area contributed by atoms with Gasteiger partial charge in [0.15, 0.2) is 11.6 Å². The summed E-state index contributed by atoms with van der Waals surface area (Å²) in [5.74, 6) is 0.514. The van der Waals surface area contributed by atoms with Gasteiger partial charge in [-0.25, -0.2) is 4.39 Å². The Morgan fingerprint density at radius 2 is 2.29 bits per heavy atom. The average molecular weight is 212 g/mol. The van der Waals surface area contributed by atoms with Crippen molar-refractivity contribution in [2.45, 2.75) is 6.92 Å². The Morgan fingerprint density at radius 1 is 1.57 bits per heavy atom. The fraction of sp³-hybridized carbons (Fsp3) is 0.273. The predicted molar refractivity (Wildman–Crippen MR) is 59.6 cm³/mol. The van der Waals surface area contributed by atoms with Gasteiger partial charge in [0.25, 0.3) is 0 Å². The van der Waals surface area contributed by atoms with Crippen LogP contribution in [0.5, 0.6) is 5.75 Å². The maximum Gasteiger partial charge on any atom is 0.167 e. The minimum atomic E-state index is -0.306. The molecule has 0 aliphatic heterocycles. The van der Waals surface area contributed by atoms with Crippen LogP contribution in [0.2, 0.25) is 0 Å². The van der Waals surface area contributed by atoms with Crippen LogP contribution in [0.1, 0.15) is 5.56 Å². The minimum Gasteiger partial charge on any atom is -0.486 e. The number of benzene rings is 1. The van der Waals surface area contributed by atoms with Gasteiger partial charge in [0.1, 0.15) is 6.61 Å². The fourth-order valence-electron chi connectivity index (χ4n) is 0.957. The molecule has 14 heavy (non-hydrogen) atoms.